The van der Waals surface area contributed by atoms with Crippen molar-refractivity contribution < 1.29 is 9.26 Å². The molecule has 118 valence electrons. The Hall–Kier alpha value is -1.75. The van der Waals surface area contributed by atoms with Gasteiger partial charge in [0.2, 0.25) is 5.89 Å². The monoisotopic (exact) mass is 301 g/mol. The molecular weight excluding hydrogens is 278 g/mol. The van der Waals surface area contributed by atoms with Crippen LogP contribution < -0.4 is 0 Å². The van der Waals surface area contributed by atoms with Crippen LogP contribution in [0.15, 0.2) is 28.9 Å². The molecule has 5 nitrogen and oxygen atoms in total. The van der Waals surface area contributed by atoms with Gasteiger partial charge in [-0.3, -0.25) is 4.98 Å². The van der Waals surface area contributed by atoms with Gasteiger partial charge in [-0.15, -0.1) is 0 Å². The van der Waals surface area contributed by atoms with Crippen LogP contribution >= 0.6 is 0 Å². The van der Waals surface area contributed by atoms with Crippen LogP contribution in [0.5, 0.6) is 0 Å². The molecule has 1 saturated heterocycles. The second kappa shape index (κ2) is 6.57. The van der Waals surface area contributed by atoms with Crippen LogP contribution in [0.4, 0.5) is 0 Å². The van der Waals surface area contributed by atoms with Gasteiger partial charge in [0.25, 0.3) is 0 Å². The van der Waals surface area contributed by atoms with Gasteiger partial charge in [-0.25, -0.2) is 0 Å². The molecule has 0 radical (unpaired) electrons. The van der Waals surface area contributed by atoms with Gasteiger partial charge in [-0.2, -0.15) is 4.98 Å². The number of nitrogens with zero attached hydrogens (tertiary/aromatic N) is 3. The van der Waals surface area contributed by atoms with Crippen molar-refractivity contribution >= 4 is 0 Å². The molecule has 0 bridgehead atoms. The molecule has 1 fully saturated rings. The van der Waals surface area contributed by atoms with Crippen LogP contribution in [0.3, 0.4) is 0 Å². The van der Waals surface area contributed by atoms with Crippen LogP contribution in [0.1, 0.15) is 50.5 Å². The zero-order chi connectivity index (χ0) is 15.4. The predicted octanol–water partition coefficient (Wildman–Crippen LogP) is 3.15. The third-order valence-electron chi connectivity index (χ3n) is 4.62. The summed E-state index contributed by atoms with van der Waals surface area (Å²) in [4.78, 5) is 9.26. The van der Waals surface area contributed by atoms with Gasteiger partial charge >= 0.3 is 0 Å². The summed E-state index contributed by atoms with van der Waals surface area (Å²) in [5.74, 6) is 2.03. The predicted molar refractivity (Wildman–Crippen MR) is 82.5 cm³/mol. The molecule has 0 saturated carbocycles. The molecule has 1 unspecified atom stereocenters. The first-order valence-electron chi connectivity index (χ1n) is 8.07. The van der Waals surface area contributed by atoms with E-state index in [0.717, 1.165) is 43.1 Å². The van der Waals surface area contributed by atoms with Crippen LogP contribution in [0.2, 0.25) is 0 Å². The normalized spacial score (nSPS) is 19.0. The summed E-state index contributed by atoms with van der Waals surface area (Å²) >= 11 is 0. The van der Waals surface area contributed by atoms with Gasteiger partial charge in [0.05, 0.1) is 11.1 Å². The van der Waals surface area contributed by atoms with Crippen LogP contribution in [-0.4, -0.2) is 28.3 Å². The number of hydrogen-bond donors (Lipinski definition) is 0. The van der Waals surface area contributed by atoms with E-state index in [0.29, 0.717) is 19.1 Å². The van der Waals surface area contributed by atoms with E-state index >= 15 is 0 Å². The molecule has 22 heavy (non-hydrogen) atoms. The number of ether oxygens (including phenoxy) is 1. The highest BCUT2D eigenvalue weighted by Gasteiger charge is 2.41. The molecule has 0 aliphatic carbocycles. The van der Waals surface area contributed by atoms with Crippen molar-refractivity contribution in [3.05, 3.63) is 41.8 Å². The lowest BCUT2D eigenvalue weighted by atomic mass is 9.76. The molecule has 1 aliphatic rings. The summed E-state index contributed by atoms with van der Waals surface area (Å²) < 4.78 is 11.0. The van der Waals surface area contributed by atoms with E-state index in [1.165, 1.54) is 0 Å². The molecule has 1 atom stereocenters. The van der Waals surface area contributed by atoms with Crippen molar-refractivity contribution in [3.8, 4) is 0 Å². The first-order chi connectivity index (χ1) is 10.7. The SMILES string of the molecule is CCC(C)Cc1nc(C2(c3ccccn3)CCOCC2)no1. The fourth-order valence-corrected chi connectivity index (χ4v) is 2.93. The largest absolute Gasteiger partial charge is 0.381 e. The van der Waals surface area contributed by atoms with E-state index in [-0.39, 0.29) is 5.41 Å². The van der Waals surface area contributed by atoms with Gasteiger partial charge in [-0.05, 0) is 30.9 Å². The average molecular weight is 301 g/mol. The molecule has 3 rings (SSSR count). The molecule has 0 N–H and O–H groups in total. The number of pyridine rings is 1. The molecule has 2 aromatic rings. The second-order valence-corrected chi connectivity index (χ2v) is 6.14. The number of aromatic nitrogens is 3. The lowest BCUT2D eigenvalue weighted by Crippen LogP contribution is -2.37. The summed E-state index contributed by atoms with van der Waals surface area (Å²) in [5, 5.41) is 4.29. The third-order valence-corrected chi connectivity index (χ3v) is 4.62. The zero-order valence-corrected chi connectivity index (χ0v) is 13.3. The van der Waals surface area contributed by atoms with E-state index in [2.05, 4.69) is 30.1 Å². The molecule has 1 aliphatic heterocycles. The first kappa shape index (κ1) is 15.2. The standard InChI is InChI=1S/C17H23N3O2/c1-3-13(2)12-15-19-16(20-22-15)17(7-10-21-11-8-17)14-6-4-5-9-18-14/h4-6,9,13H,3,7-8,10-12H2,1-2H3. The Morgan fingerprint density at radius 3 is 2.77 bits per heavy atom. The van der Waals surface area contributed by atoms with Gasteiger partial charge in [-0.1, -0.05) is 31.5 Å². The minimum Gasteiger partial charge on any atom is -0.381 e. The summed E-state index contributed by atoms with van der Waals surface area (Å²) in [7, 11) is 0. The fourth-order valence-electron chi connectivity index (χ4n) is 2.93. The number of rotatable bonds is 5. The maximum atomic E-state index is 5.54. The maximum absolute atomic E-state index is 5.54. The van der Waals surface area contributed by atoms with E-state index in [1.54, 1.807) is 0 Å². The van der Waals surface area contributed by atoms with E-state index in [9.17, 15) is 0 Å². The second-order valence-electron chi connectivity index (χ2n) is 6.14. The topological polar surface area (TPSA) is 61.0 Å². The third kappa shape index (κ3) is 2.90. The highest BCUT2D eigenvalue weighted by atomic mass is 16.5. The zero-order valence-electron chi connectivity index (χ0n) is 13.3. The summed E-state index contributed by atoms with van der Waals surface area (Å²) in [6.07, 6.45) is 5.45. The van der Waals surface area contributed by atoms with E-state index < -0.39 is 0 Å². The Kier molecular flexibility index (Phi) is 4.52. The van der Waals surface area contributed by atoms with E-state index in [4.69, 9.17) is 14.2 Å². The Morgan fingerprint density at radius 2 is 2.09 bits per heavy atom. The molecule has 2 aromatic heterocycles. The fraction of sp³-hybridized carbons (Fsp3) is 0.588. The minimum atomic E-state index is -0.281. The van der Waals surface area contributed by atoms with Gasteiger partial charge < -0.3 is 9.26 Å². The van der Waals surface area contributed by atoms with Crippen LogP contribution in [0, 0.1) is 5.92 Å². The van der Waals surface area contributed by atoms with E-state index in [1.807, 2.05) is 18.3 Å². The quantitative estimate of drug-likeness (QED) is 0.849. The molecule has 0 aromatic carbocycles. The Balaban J connectivity index is 1.93. The summed E-state index contributed by atoms with van der Waals surface area (Å²) in [6, 6.07) is 6.00. The smallest absolute Gasteiger partial charge is 0.226 e. The molecule has 0 amide bonds. The van der Waals surface area contributed by atoms with Crippen LogP contribution in [-0.2, 0) is 16.6 Å². The van der Waals surface area contributed by atoms with Crippen molar-refractivity contribution in [2.45, 2.75) is 44.9 Å². The summed E-state index contributed by atoms with van der Waals surface area (Å²) in [5.41, 5.74) is 0.727. The summed E-state index contributed by atoms with van der Waals surface area (Å²) in [6.45, 7) is 5.78. The Morgan fingerprint density at radius 1 is 1.27 bits per heavy atom. The van der Waals surface area contributed by atoms with Gasteiger partial charge in [0.1, 0.15) is 0 Å². The Labute approximate surface area is 131 Å². The highest BCUT2D eigenvalue weighted by Crippen LogP contribution is 2.38. The highest BCUT2D eigenvalue weighted by molar-refractivity contribution is 5.27. The molecule has 5 heteroatoms. The van der Waals surface area contributed by atoms with Crippen LogP contribution in [0.25, 0.3) is 0 Å². The van der Waals surface area contributed by atoms with Crippen molar-refractivity contribution in [2.24, 2.45) is 5.92 Å². The number of hydrogen-bond acceptors (Lipinski definition) is 5. The van der Waals surface area contributed by atoms with Crippen molar-refractivity contribution in [1.29, 1.82) is 0 Å². The lowest BCUT2D eigenvalue weighted by Gasteiger charge is -2.33. The van der Waals surface area contributed by atoms with Gasteiger partial charge in [0, 0.05) is 25.8 Å². The lowest BCUT2D eigenvalue weighted by molar-refractivity contribution is 0.0584. The average Bonchev–Trinajstić information content (AvgIpc) is 3.05. The maximum Gasteiger partial charge on any atom is 0.226 e. The van der Waals surface area contributed by atoms with Crippen molar-refractivity contribution in [1.82, 2.24) is 15.1 Å². The molecule has 0 spiro atoms. The van der Waals surface area contributed by atoms with Gasteiger partial charge in [0.15, 0.2) is 5.82 Å². The van der Waals surface area contributed by atoms with Crippen molar-refractivity contribution in [2.75, 3.05) is 13.2 Å². The molecular formula is C17H23N3O2. The minimum absolute atomic E-state index is 0.281. The van der Waals surface area contributed by atoms with Crippen molar-refractivity contribution in [3.63, 3.8) is 0 Å². The first-order valence-corrected chi connectivity index (χ1v) is 8.07. The molecule has 3 heterocycles. The Bertz CT molecular complexity index is 591.